The van der Waals surface area contributed by atoms with Crippen LogP contribution in [0.4, 0.5) is 17.6 Å². The van der Waals surface area contributed by atoms with Crippen molar-refractivity contribution in [1.82, 2.24) is 19.1 Å². The van der Waals surface area contributed by atoms with Gasteiger partial charge in [-0.05, 0) is 83.6 Å². The number of rotatable bonds is 14. The van der Waals surface area contributed by atoms with E-state index in [0.29, 0.717) is 25.9 Å². The molecule has 0 bridgehead atoms. The molecule has 5 nitrogen and oxygen atoms in total. The molecule has 47 heavy (non-hydrogen) atoms. The fourth-order valence-electron chi connectivity index (χ4n) is 6.17. The minimum atomic E-state index is -0.496. The van der Waals surface area contributed by atoms with Crippen molar-refractivity contribution in [3.05, 3.63) is 180 Å². The van der Waals surface area contributed by atoms with Gasteiger partial charge in [0, 0.05) is 49.7 Å². The number of ether oxygens (including phenoxy) is 1. The number of aryl methyl sites for hydroxylation is 2. The first kappa shape index (κ1) is 31.9. The smallest absolute Gasteiger partial charge is 0.123 e. The molecule has 0 aliphatic rings. The molecule has 0 fully saturated rings. The molecule has 2 unspecified atom stereocenters. The van der Waals surface area contributed by atoms with Crippen LogP contribution in [0.3, 0.4) is 0 Å². The van der Waals surface area contributed by atoms with E-state index >= 15 is 0 Å². The van der Waals surface area contributed by atoms with Gasteiger partial charge >= 0.3 is 0 Å². The normalized spacial score (nSPS) is 12.9. The van der Waals surface area contributed by atoms with Crippen molar-refractivity contribution in [1.29, 1.82) is 0 Å². The van der Waals surface area contributed by atoms with Crippen molar-refractivity contribution in [3.8, 4) is 0 Å². The lowest BCUT2D eigenvalue weighted by Gasteiger charge is -2.36. The summed E-state index contributed by atoms with van der Waals surface area (Å²) in [6.07, 6.45) is 10.7. The van der Waals surface area contributed by atoms with Gasteiger partial charge in [-0.1, -0.05) is 48.5 Å². The Morgan fingerprint density at radius 2 is 0.766 bits per heavy atom. The van der Waals surface area contributed by atoms with Gasteiger partial charge in [-0.25, -0.2) is 27.5 Å². The van der Waals surface area contributed by atoms with E-state index in [1.165, 1.54) is 48.5 Å². The molecule has 0 aliphatic carbocycles. The maximum Gasteiger partial charge on any atom is 0.123 e. The summed E-state index contributed by atoms with van der Waals surface area (Å²) in [4.78, 5) is 8.38. The molecule has 6 rings (SSSR count). The van der Waals surface area contributed by atoms with E-state index in [2.05, 4.69) is 9.97 Å². The lowest BCUT2D eigenvalue weighted by molar-refractivity contribution is -0.0395. The van der Waals surface area contributed by atoms with E-state index in [4.69, 9.17) is 4.74 Å². The minimum absolute atomic E-state index is 0.367. The molecule has 0 saturated heterocycles. The molecule has 2 aromatic heterocycles. The second kappa shape index (κ2) is 15.0. The Bertz CT molecular complexity index is 1570. The van der Waals surface area contributed by atoms with E-state index in [1.54, 1.807) is 73.6 Å². The lowest BCUT2D eigenvalue weighted by atomic mass is 9.82. The number of halogens is 4. The Labute approximate surface area is 271 Å². The average Bonchev–Trinajstić information content (AvgIpc) is 3.81. The zero-order chi connectivity index (χ0) is 32.6. The largest absolute Gasteiger partial charge is 0.373 e. The quantitative estimate of drug-likeness (QED) is 0.112. The van der Waals surface area contributed by atoms with E-state index < -0.39 is 24.0 Å². The Morgan fingerprint density at radius 1 is 0.468 bits per heavy atom. The molecule has 240 valence electrons. The van der Waals surface area contributed by atoms with Crippen LogP contribution < -0.4 is 0 Å². The molecule has 2 heterocycles. The van der Waals surface area contributed by atoms with Crippen molar-refractivity contribution in [2.75, 3.05) is 0 Å². The van der Waals surface area contributed by atoms with Gasteiger partial charge < -0.3 is 13.9 Å². The van der Waals surface area contributed by atoms with Crippen molar-refractivity contribution in [2.24, 2.45) is 0 Å². The fraction of sp³-hybridized carbons (Fsp3) is 0.211. The summed E-state index contributed by atoms with van der Waals surface area (Å²) in [5.74, 6) is -2.28. The SMILES string of the molecule is Fc1ccc(C(c2ccc(F)cc2)C(CCn2ccnc2)OC(CCn2ccnc2)C(c2ccc(F)cc2)c2ccc(F)cc2)cc1. The van der Waals surface area contributed by atoms with E-state index in [0.717, 1.165) is 22.3 Å². The summed E-state index contributed by atoms with van der Waals surface area (Å²) in [6.45, 7) is 1.13. The summed E-state index contributed by atoms with van der Waals surface area (Å²) in [7, 11) is 0. The average molecular weight is 639 g/mol. The van der Waals surface area contributed by atoms with Crippen molar-refractivity contribution < 1.29 is 22.3 Å². The molecular weight excluding hydrogens is 604 g/mol. The Kier molecular flexibility index (Phi) is 10.2. The molecule has 2 atom stereocenters. The van der Waals surface area contributed by atoms with Gasteiger partial charge in [0.2, 0.25) is 0 Å². The molecule has 0 spiro atoms. The first-order valence-corrected chi connectivity index (χ1v) is 15.5. The van der Waals surface area contributed by atoms with Gasteiger partial charge in [-0.15, -0.1) is 0 Å². The lowest BCUT2D eigenvalue weighted by Crippen LogP contribution is -2.34. The number of benzene rings is 4. The van der Waals surface area contributed by atoms with Crippen LogP contribution in [-0.2, 0) is 17.8 Å². The monoisotopic (exact) mass is 638 g/mol. The first-order valence-electron chi connectivity index (χ1n) is 15.5. The highest BCUT2D eigenvalue weighted by molar-refractivity contribution is 5.36. The second-order valence-electron chi connectivity index (χ2n) is 11.6. The minimum Gasteiger partial charge on any atom is -0.373 e. The third-order valence-electron chi connectivity index (χ3n) is 8.47. The number of hydrogen-bond acceptors (Lipinski definition) is 3. The topological polar surface area (TPSA) is 44.9 Å². The second-order valence-corrected chi connectivity index (χ2v) is 11.6. The summed E-state index contributed by atoms with van der Waals surface area (Å²) in [5.41, 5.74) is 3.23. The van der Waals surface area contributed by atoms with Gasteiger partial charge in [-0.3, -0.25) is 0 Å². The van der Waals surface area contributed by atoms with E-state index in [9.17, 15) is 17.6 Å². The highest BCUT2D eigenvalue weighted by Crippen LogP contribution is 2.38. The zero-order valence-electron chi connectivity index (χ0n) is 25.5. The van der Waals surface area contributed by atoms with Crippen LogP contribution in [0.1, 0.15) is 46.9 Å². The van der Waals surface area contributed by atoms with E-state index in [1.807, 2.05) is 21.5 Å². The van der Waals surface area contributed by atoms with Crippen molar-refractivity contribution >= 4 is 0 Å². The highest BCUT2D eigenvalue weighted by atomic mass is 19.1. The standard InChI is InChI=1S/C38H34F4N4O/c39-31-9-1-27(2-10-31)37(28-3-11-32(40)12-4-28)35(17-21-45-23-19-43-25-45)47-36(18-22-46-24-20-44-26-46)38(29-5-13-33(41)14-6-29)30-7-15-34(42)16-8-30/h1-16,19-20,23-26,35-38H,17-18,21-22H2. The maximum atomic E-state index is 14.2. The van der Waals surface area contributed by atoms with Gasteiger partial charge in [0.05, 0.1) is 24.9 Å². The molecule has 0 N–H and O–H groups in total. The third kappa shape index (κ3) is 8.23. The van der Waals surface area contributed by atoms with Gasteiger partial charge in [0.15, 0.2) is 0 Å². The number of imidazole rings is 2. The zero-order valence-corrected chi connectivity index (χ0v) is 25.5. The van der Waals surface area contributed by atoms with Crippen LogP contribution in [0.15, 0.2) is 135 Å². The van der Waals surface area contributed by atoms with Gasteiger partial charge in [0.25, 0.3) is 0 Å². The summed E-state index contributed by atoms with van der Waals surface area (Å²) in [5, 5.41) is 0. The molecule has 6 aromatic rings. The Morgan fingerprint density at radius 3 is 1.02 bits per heavy atom. The number of hydrogen-bond donors (Lipinski definition) is 0. The molecule has 4 aromatic carbocycles. The first-order chi connectivity index (χ1) is 22.9. The molecular formula is C38H34F4N4O. The van der Waals surface area contributed by atoms with Crippen LogP contribution >= 0.6 is 0 Å². The highest BCUT2D eigenvalue weighted by Gasteiger charge is 2.33. The summed E-state index contributed by atoms with van der Waals surface area (Å²) >= 11 is 0. The van der Waals surface area contributed by atoms with Gasteiger partial charge in [0.1, 0.15) is 23.3 Å². The Hall–Kier alpha value is -5.02. The van der Waals surface area contributed by atoms with Gasteiger partial charge in [-0.2, -0.15) is 0 Å². The third-order valence-corrected chi connectivity index (χ3v) is 8.47. The van der Waals surface area contributed by atoms with Crippen LogP contribution in [0, 0.1) is 23.3 Å². The Balaban J connectivity index is 1.46. The molecule has 0 saturated carbocycles. The molecule has 0 radical (unpaired) electrons. The summed E-state index contributed by atoms with van der Waals surface area (Å²) in [6, 6.07) is 25.1. The molecule has 9 heteroatoms. The predicted octanol–water partition coefficient (Wildman–Crippen LogP) is 8.53. The molecule has 0 amide bonds. The number of aromatic nitrogens is 4. The summed E-state index contributed by atoms with van der Waals surface area (Å²) < 4.78 is 67.9. The maximum absolute atomic E-state index is 14.2. The molecule has 0 aliphatic heterocycles. The number of nitrogens with zero attached hydrogens (tertiary/aromatic N) is 4. The van der Waals surface area contributed by atoms with Crippen molar-refractivity contribution in [3.63, 3.8) is 0 Å². The fourth-order valence-corrected chi connectivity index (χ4v) is 6.17. The van der Waals surface area contributed by atoms with Crippen LogP contribution in [0.25, 0.3) is 0 Å². The van der Waals surface area contributed by atoms with Crippen molar-refractivity contribution in [2.45, 2.75) is 50.0 Å². The predicted molar refractivity (Wildman–Crippen MR) is 172 cm³/mol. The van der Waals surface area contributed by atoms with Crippen LogP contribution in [-0.4, -0.2) is 31.3 Å². The van der Waals surface area contributed by atoms with E-state index in [-0.39, 0.29) is 23.3 Å². The van der Waals surface area contributed by atoms with Crippen LogP contribution in [0.2, 0.25) is 0 Å². The van der Waals surface area contributed by atoms with Crippen LogP contribution in [0.5, 0.6) is 0 Å².